The molecule has 68 valence electrons. The third kappa shape index (κ3) is 7.17. The molecule has 11 heavy (non-hydrogen) atoms. The Morgan fingerprint density at radius 3 is 2.45 bits per heavy atom. The molecule has 0 saturated heterocycles. The molecule has 0 spiro atoms. The summed E-state index contributed by atoms with van der Waals surface area (Å²) in [7, 11) is 0. The Bertz CT molecular complexity index is 128. The molecule has 1 nitrogen and oxygen atoms in total. The zero-order chi connectivity index (χ0) is 7.82. The molecule has 1 N–H and O–H groups in total. The highest BCUT2D eigenvalue weighted by atomic mass is 14.9. The predicted molar refractivity (Wildman–Crippen MR) is 55.7 cm³/mol. The van der Waals surface area contributed by atoms with Crippen LogP contribution in [0.25, 0.3) is 0 Å². The summed E-state index contributed by atoms with van der Waals surface area (Å²) in [5, 5.41) is 3.29. The second kappa shape index (κ2) is 9.28. The topological polar surface area (TPSA) is 12.0 Å². The lowest BCUT2D eigenvalue weighted by atomic mass is 10.3. The fourth-order valence-corrected chi connectivity index (χ4v) is 0.706. The quantitative estimate of drug-likeness (QED) is 0.617. The summed E-state index contributed by atoms with van der Waals surface area (Å²) in [5.41, 5.74) is 1.21. The molecule has 0 amide bonds. The van der Waals surface area contributed by atoms with Crippen molar-refractivity contribution in [3.05, 3.63) is 23.9 Å². The molecular formula is C10H23N. The Hall–Kier alpha value is -0.720. The van der Waals surface area contributed by atoms with Crippen LogP contribution in [0.1, 0.15) is 36.0 Å². The summed E-state index contributed by atoms with van der Waals surface area (Å²) in [4.78, 5) is 0. The zero-order valence-electron chi connectivity index (χ0n) is 7.15. The summed E-state index contributed by atoms with van der Waals surface area (Å²) in [6, 6.07) is 0. The smallest absolute Gasteiger partial charge is 0.0293 e. The Morgan fingerprint density at radius 2 is 2.09 bits per heavy atom. The minimum absolute atomic E-state index is 0. The predicted octanol–water partition coefficient (Wildman–Crippen LogP) is 3.35. The highest BCUT2D eigenvalue weighted by Crippen LogP contribution is 1.90. The first-order valence-corrected chi connectivity index (χ1v) is 3.88. The average molecular weight is 157 g/mol. The zero-order valence-corrected chi connectivity index (χ0v) is 7.15. The third-order valence-corrected chi connectivity index (χ3v) is 1.24. The normalized spacial score (nSPS) is 11.4. The average Bonchev–Trinajstić information content (AvgIpc) is 1.98. The minimum Gasteiger partial charge on any atom is -0.385 e. The van der Waals surface area contributed by atoms with E-state index in [1.165, 1.54) is 12.1 Å². The maximum absolute atomic E-state index is 3.29. The maximum atomic E-state index is 3.29. The van der Waals surface area contributed by atoms with Crippen LogP contribution in [0, 0.1) is 0 Å². The Labute approximate surface area is 72.7 Å². The third-order valence-electron chi connectivity index (χ3n) is 1.24. The summed E-state index contributed by atoms with van der Waals surface area (Å²) >= 11 is 0. The van der Waals surface area contributed by atoms with E-state index in [-0.39, 0.29) is 8.85 Å². The van der Waals surface area contributed by atoms with Crippen LogP contribution in [-0.4, -0.2) is 6.54 Å². The molecule has 0 rings (SSSR count). The summed E-state index contributed by atoms with van der Waals surface area (Å²) in [6.45, 7) is 7.29. The first-order valence-electron chi connectivity index (χ1n) is 3.88. The van der Waals surface area contributed by atoms with Crippen molar-refractivity contribution in [3.8, 4) is 0 Å². The standard InChI is InChI=1S/C9H17N.CH4.H2/c1-4-7-9(6-3)10-8-5-2;;/h4,6-7,10H,5,8H2,1-3H3;1H4;1H/b7-4-,9-6+;;. The molecular weight excluding hydrogens is 134 g/mol. The lowest BCUT2D eigenvalue weighted by Crippen LogP contribution is -2.11. The Kier molecular flexibility index (Phi) is 10.9. The van der Waals surface area contributed by atoms with Crippen LogP contribution in [0.3, 0.4) is 0 Å². The first kappa shape index (κ1) is 12.9. The molecule has 0 aliphatic carbocycles. The van der Waals surface area contributed by atoms with E-state index in [9.17, 15) is 0 Å². The van der Waals surface area contributed by atoms with Gasteiger partial charge in [0.25, 0.3) is 0 Å². The molecule has 0 aromatic carbocycles. The number of allylic oxidation sites excluding steroid dienone is 3. The van der Waals surface area contributed by atoms with Crippen molar-refractivity contribution >= 4 is 0 Å². The van der Waals surface area contributed by atoms with Crippen molar-refractivity contribution < 1.29 is 1.43 Å². The second-order valence-corrected chi connectivity index (χ2v) is 2.17. The van der Waals surface area contributed by atoms with Gasteiger partial charge in [-0.25, -0.2) is 0 Å². The van der Waals surface area contributed by atoms with Gasteiger partial charge in [-0.1, -0.05) is 26.5 Å². The molecule has 0 heterocycles. The van der Waals surface area contributed by atoms with E-state index in [1.54, 1.807) is 0 Å². The SMILES string of the molecule is C.C/C=C\C(=C/C)NCCC.[HH]. The number of hydrogen-bond donors (Lipinski definition) is 1. The van der Waals surface area contributed by atoms with E-state index in [0.717, 1.165) is 6.54 Å². The summed E-state index contributed by atoms with van der Waals surface area (Å²) in [6.07, 6.45) is 7.37. The van der Waals surface area contributed by atoms with Crippen LogP contribution < -0.4 is 5.32 Å². The summed E-state index contributed by atoms with van der Waals surface area (Å²) in [5.74, 6) is 0. The maximum Gasteiger partial charge on any atom is 0.0293 e. The molecule has 0 atom stereocenters. The van der Waals surface area contributed by atoms with Crippen LogP contribution in [0.2, 0.25) is 0 Å². The second-order valence-electron chi connectivity index (χ2n) is 2.17. The molecule has 0 unspecified atom stereocenters. The number of hydrogen-bond acceptors (Lipinski definition) is 1. The van der Waals surface area contributed by atoms with E-state index in [4.69, 9.17) is 0 Å². The van der Waals surface area contributed by atoms with Crippen molar-refractivity contribution in [2.24, 2.45) is 0 Å². The van der Waals surface area contributed by atoms with Crippen LogP contribution in [-0.2, 0) is 0 Å². The van der Waals surface area contributed by atoms with Gasteiger partial charge in [0.1, 0.15) is 0 Å². The van der Waals surface area contributed by atoms with Gasteiger partial charge in [0.2, 0.25) is 0 Å². The first-order chi connectivity index (χ1) is 4.85. The Balaban J connectivity index is -0.000000405. The van der Waals surface area contributed by atoms with E-state index in [2.05, 4.69) is 24.4 Å². The fourth-order valence-electron chi connectivity index (χ4n) is 0.706. The molecule has 1 heteroatoms. The molecule has 0 bridgehead atoms. The van der Waals surface area contributed by atoms with Gasteiger partial charge >= 0.3 is 0 Å². The Morgan fingerprint density at radius 1 is 1.45 bits per heavy atom. The van der Waals surface area contributed by atoms with Crippen molar-refractivity contribution in [1.29, 1.82) is 0 Å². The van der Waals surface area contributed by atoms with Crippen LogP contribution >= 0.6 is 0 Å². The van der Waals surface area contributed by atoms with Gasteiger partial charge in [0.15, 0.2) is 0 Å². The largest absolute Gasteiger partial charge is 0.385 e. The molecule has 0 aliphatic rings. The minimum atomic E-state index is 0. The van der Waals surface area contributed by atoms with Gasteiger partial charge < -0.3 is 5.32 Å². The molecule has 0 aromatic rings. The monoisotopic (exact) mass is 157 g/mol. The van der Waals surface area contributed by atoms with Gasteiger partial charge in [-0.3, -0.25) is 0 Å². The molecule has 0 fully saturated rings. The van der Waals surface area contributed by atoms with E-state index in [1.807, 2.05) is 19.9 Å². The molecule has 0 aromatic heterocycles. The van der Waals surface area contributed by atoms with Gasteiger partial charge in [0, 0.05) is 13.7 Å². The van der Waals surface area contributed by atoms with Crippen molar-refractivity contribution in [1.82, 2.24) is 5.32 Å². The molecule has 0 radical (unpaired) electrons. The van der Waals surface area contributed by atoms with Crippen molar-refractivity contribution in [2.75, 3.05) is 6.54 Å². The lowest BCUT2D eigenvalue weighted by Gasteiger charge is -2.03. The highest BCUT2D eigenvalue weighted by molar-refractivity contribution is 5.14. The van der Waals surface area contributed by atoms with Gasteiger partial charge in [-0.15, -0.1) is 0 Å². The molecule has 0 saturated carbocycles. The van der Waals surface area contributed by atoms with E-state index >= 15 is 0 Å². The molecule has 0 aliphatic heterocycles. The van der Waals surface area contributed by atoms with Gasteiger partial charge in [-0.2, -0.15) is 0 Å². The van der Waals surface area contributed by atoms with Gasteiger partial charge in [-0.05, 0) is 26.3 Å². The lowest BCUT2D eigenvalue weighted by molar-refractivity contribution is 0.783. The van der Waals surface area contributed by atoms with Crippen LogP contribution in [0.15, 0.2) is 23.9 Å². The number of nitrogens with one attached hydrogen (secondary N) is 1. The highest BCUT2D eigenvalue weighted by Gasteiger charge is 1.84. The van der Waals surface area contributed by atoms with Crippen LogP contribution in [0.4, 0.5) is 0 Å². The van der Waals surface area contributed by atoms with E-state index in [0.29, 0.717) is 0 Å². The van der Waals surface area contributed by atoms with E-state index < -0.39 is 0 Å². The number of rotatable bonds is 4. The van der Waals surface area contributed by atoms with Crippen LogP contribution in [0.5, 0.6) is 0 Å². The van der Waals surface area contributed by atoms with Crippen molar-refractivity contribution in [3.63, 3.8) is 0 Å². The fraction of sp³-hybridized carbons (Fsp3) is 0.600. The summed E-state index contributed by atoms with van der Waals surface area (Å²) < 4.78 is 0. The van der Waals surface area contributed by atoms with Gasteiger partial charge in [0.05, 0.1) is 0 Å². The van der Waals surface area contributed by atoms with Crippen molar-refractivity contribution in [2.45, 2.75) is 34.6 Å².